The van der Waals surface area contributed by atoms with Crippen molar-refractivity contribution in [1.82, 2.24) is 4.98 Å². The van der Waals surface area contributed by atoms with Crippen molar-refractivity contribution in [2.24, 2.45) is 0 Å². The minimum absolute atomic E-state index is 0.0828. The molecule has 2 heterocycles. The van der Waals surface area contributed by atoms with Gasteiger partial charge in [-0.05, 0) is 56.0 Å². The van der Waals surface area contributed by atoms with Crippen molar-refractivity contribution in [3.05, 3.63) is 46.7 Å². The molecule has 146 valence electrons. The van der Waals surface area contributed by atoms with Crippen molar-refractivity contribution in [2.75, 3.05) is 17.2 Å². The number of nitrogens with one attached hydrogen (secondary N) is 2. The maximum atomic E-state index is 12.6. The summed E-state index contributed by atoms with van der Waals surface area (Å²) in [5, 5.41) is 7.36. The smallest absolute Gasteiger partial charge is 0.425 e. The van der Waals surface area contributed by atoms with Crippen molar-refractivity contribution in [3.8, 4) is 5.75 Å². The quantitative estimate of drug-likeness (QED) is 0.704. The third-order valence-electron chi connectivity index (χ3n) is 4.45. The van der Waals surface area contributed by atoms with Crippen LogP contribution in [0.25, 0.3) is 0 Å². The van der Waals surface area contributed by atoms with E-state index in [9.17, 15) is 13.2 Å². The molecule has 8 heteroatoms. The van der Waals surface area contributed by atoms with E-state index in [1.807, 2.05) is 12.1 Å². The van der Waals surface area contributed by atoms with Crippen LogP contribution in [0, 0.1) is 0 Å². The lowest BCUT2D eigenvalue weighted by molar-refractivity contribution is -0.189. The van der Waals surface area contributed by atoms with Crippen LogP contribution in [0.3, 0.4) is 0 Å². The minimum Gasteiger partial charge on any atom is -0.480 e. The number of benzene rings is 1. The molecule has 0 fully saturated rings. The highest BCUT2D eigenvalue weighted by Crippen LogP contribution is 2.35. The number of pyridine rings is 1. The fraction of sp³-hybridized carbons (Fsp3) is 0.421. The second kappa shape index (κ2) is 8.25. The van der Waals surface area contributed by atoms with Gasteiger partial charge in [0, 0.05) is 12.2 Å². The van der Waals surface area contributed by atoms with E-state index in [1.54, 1.807) is 6.07 Å². The van der Waals surface area contributed by atoms with E-state index < -0.39 is 12.3 Å². The Morgan fingerprint density at radius 1 is 1.26 bits per heavy atom. The zero-order valence-electron chi connectivity index (χ0n) is 14.9. The van der Waals surface area contributed by atoms with Crippen LogP contribution in [0.4, 0.5) is 24.5 Å². The Bertz CT molecular complexity index is 781. The van der Waals surface area contributed by atoms with Gasteiger partial charge in [-0.2, -0.15) is 13.2 Å². The molecule has 0 spiro atoms. The van der Waals surface area contributed by atoms with Crippen LogP contribution in [0.15, 0.2) is 30.5 Å². The van der Waals surface area contributed by atoms with E-state index in [1.165, 1.54) is 12.3 Å². The Balaban J connectivity index is 1.67. The van der Waals surface area contributed by atoms with Crippen molar-refractivity contribution in [3.63, 3.8) is 0 Å². The van der Waals surface area contributed by atoms with Gasteiger partial charge in [0.2, 0.25) is 0 Å². The second-order valence-electron chi connectivity index (χ2n) is 6.47. The number of alkyl halides is 3. The average molecular weight is 400 g/mol. The number of aromatic nitrogens is 1. The Kier molecular flexibility index (Phi) is 5.99. The SMILES string of the molecule is CC(Oc1ccc(CNc2c(Cl)ccc3c2CCCCN3)nc1)C(F)(F)F. The van der Waals surface area contributed by atoms with E-state index in [-0.39, 0.29) is 5.75 Å². The van der Waals surface area contributed by atoms with E-state index in [4.69, 9.17) is 16.3 Å². The van der Waals surface area contributed by atoms with Gasteiger partial charge in [0.15, 0.2) is 6.10 Å². The van der Waals surface area contributed by atoms with Gasteiger partial charge in [0.1, 0.15) is 5.75 Å². The predicted octanol–water partition coefficient (Wildman–Crippen LogP) is 5.42. The monoisotopic (exact) mass is 399 g/mol. The van der Waals surface area contributed by atoms with E-state index in [0.717, 1.165) is 49.7 Å². The summed E-state index contributed by atoms with van der Waals surface area (Å²) < 4.78 is 42.5. The molecule has 27 heavy (non-hydrogen) atoms. The van der Waals surface area contributed by atoms with Gasteiger partial charge in [0.05, 0.1) is 29.1 Å². The molecular weight excluding hydrogens is 379 g/mol. The third-order valence-corrected chi connectivity index (χ3v) is 4.76. The molecule has 1 aliphatic rings. The minimum atomic E-state index is -4.41. The predicted molar refractivity (Wildman–Crippen MR) is 101 cm³/mol. The van der Waals surface area contributed by atoms with E-state index >= 15 is 0 Å². The first-order valence-electron chi connectivity index (χ1n) is 8.82. The van der Waals surface area contributed by atoms with Gasteiger partial charge in [-0.3, -0.25) is 4.98 Å². The maximum absolute atomic E-state index is 12.6. The van der Waals surface area contributed by atoms with Crippen molar-refractivity contribution in [2.45, 2.75) is 45.0 Å². The molecule has 2 N–H and O–H groups in total. The zero-order valence-corrected chi connectivity index (χ0v) is 15.6. The Labute approximate surface area is 161 Å². The van der Waals surface area contributed by atoms with E-state index in [2.05, 4.69) is 15.6 Å². The van der Waals surface area contributed by atoms with Crippen LogP contribution in [0.5, 0.6) is 5.75 Å². The molecule has 0 aliphatic carbocycles. The number of halogens is 4. The Hall–Kier alpha value is -2.15. The molecule has 2 aromatic rings. The topological polar surface area (TPSA) is 46.2 Å². The molecule has 1 aromatic carbocycles. The first-order chi connectivity index (χ1) is 12.8. The summed E-state index contributed by atoms with van der Waals surface area (Å²) in [6.07, 6.45) is -1.87. The van der Waals surface area contributed by atoms with Gasteiger partial charge in [-0.15, -0.1) is 0 Å². The highest BCUT2D eigenvalue weighted by atomic mass is 35.5. The number of hydrogen-bond acceptors (Lipinski definition) is 4. The summed E-state index contributed by atoms with van der Waals surface area (Å²) in [6, 6.07) is 6.96. The zero-order chi connectivity index (χ0) is 19.4. The normalized spacial score (nSPS) is 15.3. The number of hydrogen-bond donors (Lipinski definition) is 2. The number of ether oxygens (including phenoxy) is 1. The molecular formula is C19H21ClF3N3O. The summed E-state index contributed by atoms with van der Waals surface area (Å²) in [5.74, 6) is 0.0828. The largest absolute Gasteiger partial charge is 0.480 e. The van der Waals surface area contributed by atoms with Gasteiger partial charge < -0.3 is 15.4 Å². The Morgan fingerprint density at radius 2 is 2.07 bits per heavy atom. The molecule has 1 unspecified atom stereocenters. The molecule has 1 aromatic heterocycles. The fourth-order valence-corrected chi connectivity index (χ4v) is 3.16. The van der Waals surface area contributed by atoms with Gasteiger partial charge >= 0.3 is 6.18 Å². The van der Waals surface area contributed by atoms with Crippen LogP contribution in [-0.4, -0.2) is 23.8 Å². The first kappa shape index (κ1) is 19.6. The molecule has 0 saturated heterocycles. The highest BCUT2D eigenvalue weighted by molar-refractivity contribution is 6.33. The summed E-state index contributed by atoms with van der Waals surface area (Å²) >= 11 is 6.37. The summed E-state index contributed by atoms with van der Waals surface area (Å²) in [7, 11) is 0. The van der Waals surface area contributed by atoms with Crippen LogP contribution in [0.1, 0.15) is 31.0 Å². The van der Waals surface area contributed by atoms with Crippen LogP contribution in [-0.2, 0) is 13.0 Å². The van der Waals surface area contributed by atoms with Crippen molar-refractivity contribution >= 4 is 23.0 Å². The van der Waals surface area contributed by atoms with E-state index in [0.29, 0.717) is 17.3 Å². The fourth-order valence-electron chi connectivity index (χ4n) is 2.92. The number of nitrogens with zero attached hydrogens (tertiary/aromatic N) is 1. The molecule has 1 atom stereocenters. The van der Waals surface area contributed by atoms with Crippen molar-refractivity contribution in [1.29, 1.82) is 0 Å². The lowest BCUT2D eigenvalue weighted by atomic mass is 10.1. The number of fused-ring (bicyclic) bond motifs is 1. The van der Waals surface area contributed by atoms with Gasteiger partial charge in [-0.25, -0.2) is 0 Å². The lowest BCUT2D eigenvalue weighted by Crippen LogP contribution is -2.31. The summed E-state index contributed by atoms with van der Waals surface area (Å²) in [4.78, 5) is 4.18. The summed E-state index contributed by atoms with van der Waals surface area (Å²) in [5.41, 5.74) is 3.78. The molecule has 0 saturated carbocycles. The first-order valence-corrected chi connectivity index (χ1v) is 9.20. The molecule has 3 rings (SSSR count). The number of anilines is 2. The average Bonchev–Trinajstić information content (AvgIpc) is 2.87. The molecule has 4 nitrogen and oxygen atoms in total. The maximum Gasteiger partial charge on any atom is 0.425 e. The highest BCUT2D eigenvalue weighted by Gasteiger charge is 2.38. The van der Waals surface area contributed by atoms with Crippen LogP contribution >= 0.6 is 11.6 Å². The lowest BCUT2D eigenvalue weighted by Gasteiger charge is -2.18. The molecule has 0 bridgehead atoms. The number of rotatable bonds is 5. The Morgan fingerprint density at radius 3 is 2.78 bits per heavy atom. The molecule has 0 amide bonds. The second-order valence-corrected chi connectivity index (χ2v) is 6.88. The third kappa shape index (κ3) is 4.97. The van der Waals surface area contributed by atoms with Crippen LogP contribution in [0.2, 0.25) is 5.02 Å². The molecule has 1 aliphatic heterocycles. The standard InChI is InChI=1S/C19H21ClF3N3O/c1-12(19(21,22)23)27-14-6-5-13(25-11-14)10-26-18-15-4-2-3-9-24-17(15)8-7-16(18)20/h5-8,11-12,24,26H,2-4,9-10H2,1H3. The van der Waals surface area contributed by atoms with Gasteiger partial charge in [-0.1, -0.05) is 11.6 Å². The van der Waals surface area contributed by atoms with Gasteiger partial charge in [0.25, 0.3) is 0 Å². The summed E-state index contributed by atoms with van der Waals surface area (Å²) in [6.45, 7) is 2.31. The van der Waals surface area contributed by atoms with Crippen LogP contribution < -0.4 is 15.4 Å². The molecule has 0 radical (unpaired) electrons. The van der Waals surface area contributed by atoms with Crippen molar-refractivity contribution < 1.29 is 17.9 Å².